The lowest BCUT2D eigenvalue weighted by molar-refractivity contribution is -0.00599. The molecule has 3 aromatic carbocycles. The molecule has 9 heteroatoms. The molecule has 0 atom stereocenters. The Kier molecular flexibility index (Phi) is 12.8. The summed E-state index contributed by atoms with van der Waals surface area (Å²) < 4.78 is 33.3. The fourth-order valence-electron chi connectivity index (χ4n) is 4.62. The van der Waals surface area contributed by atoms with E-state index in [1.165, 1.54) is 27.2 Å². The summed E-state index contributed by atoms with van der Waals surface area (Å²) in [4.78, 5) is 24.7. The van der Waals surface area contributed by atoms with E-state index in [-0.39, 0.29) is 12.0 Å². The SMILES string of the molecule is CN(CCOCCOCCOCCOCCOc1ccc(C=O)cc1)C(=O)OCC1c2ccccc2-c2ccccc21. The van der Waals surface area contributed by atoms with Crippen LogP contribution in [-0.4, -0.2) is 96.9 Å². The lowest BCUT2D eigenvalue weighted by atomic mass is 9.98. The Morgan fingerprint density at radius 3 is 1.74 bits per heavy atom. The molecule has 1 aliphatic carbocycles. The van der Waals surface area contributed by atoms with Crippen molar-refractivity contribution in [3.63, 3.8) is 0 Å². The molecule has 0 radical (unpaired) electrons. The molecule has 0 N–H and O–H groups in total. The van der Waals surface area contributed by atoms with Crippen molar-refractivity contribution in [3.8, 4) is 16.9 Å². The first kappa shape index (κ1) is 31.2. The van der Waals surface area contributed by atoms with Crippen LogP contribution in [0.2, 0.25) is 0 Å². The van der Waals surface area contributed by atoms with Gasteiger partial charge in [-0.25, -0.2) is 4.79 Å². The number of hydrogen-bond donors (Lipinski definition) is 0. The number of nitrogens with zero attached hydrogens (tertiary/aromatic N) is 1. The maximum absolute atomic E-state index is 12.6. The predicted molar refractivity (Wildman–Crippen MR) is 158 cm³/mol. The van der Waals surface area contributed by atoms with Crippen LogP contribution in [0.4, 0.5) is 4.79 Å². The van der Waals surface area contributed by atoms with Crippen molar-refractivity contribution in [2.24, 2.45) is 0 Å². The molecule has 1 amide bonds. The highest BCUT2D eigenvalue weighted by Gasteiger charge is 2.29. The average Bonchev–Trinajstić information content (AvgIpc) is 3.35. The average molecular weight is 578 g/mol. The zero-order valence-electron chi connectivity index (χ0n) is 24.1. The molecule has 0 saturated carbocycles. The summed E-state index contributed by atoms with van der Waals surface area (Å²) >= 11 is 0. The Labute approximate surface area is 247 Å². The first-order valence-electron chi connectivity index (χ1n) is 14.2. The van der Waals surface area contributed by atoms with Crippen molar-refractivity contribution in [1.82, 2.24) is 4.90 Å². The first-order valence-corrected chi connectivity index (χ1v) is 14.2. The summed E-state index contributed by atoms with van der Waals surface area (Å²) in [5, 5.41) is 0. The third-order valence-corrected chi connectivity index (χ3v) is 6.85. The number of carbonyl (C=O) groups excluding carboxylic acids is 2. The van der Waals surface area contributed by atoms with Gasteiger partial charge in [0, 0.05) is 25.1 Å². The number of likely N-dealkylation sites (N-methyl/N-ethyl adjacent to an activating group) is 1. The van der Waals surface area contributed by atoms with Crippen molar-refractivity contribution >= 4 is 12.4 Å². The fraction of sp³-hybridized carbons (Fsp3) is 0.394. The van der Waals surface area contributed by atoms with E-state index in [1.807, 2.05) is 24.3 Å². The van der Waals surface area contributed by atoms with Gasteiger partial charge in [-0.2, -0.15) is 0 Å². The molecule has 42 heavy (non-hydrogen) atoms. The normalized spacial score (nSPS) is 12.0. The highest BCUT2D eigenvalue weighted by Crippen LogP contribution is 2.44. The summed E-state index contributed by atoms with van der Waals surface area (Å²) in [5.74, 6) is 0.740. The van der Waals surface area contributed by atoms with E-state index in [2.05, 4.69) is 24.3 Å². The van der Waals surface area contributed by atoms with Crippen LogP contribution < -0.4 is 4.74 Å². The molecular formula is C33H39NO8. The molecule has 0 bridgehead atoms. The number of aldehydes is 1. The third kappa shape index (κ3) is 9.39. The number of carbonyl (C=O) groups is 2. The van der Waals surface area contributed by atoms with E-state index in [1.54, 1.807) is 31.3 Å². The van der Waals surface area contributed by atoms with E-state index in [0.29, 0.717) is 83.9 Å². The molecule has 0 unspecified atom stereocenters. The van der Waals surface area contributed by atoms with Gasteiger partial charge in [-0.05, 0) is 46.5 Å². The number of ether oxygens (including phenoxy) is 6. The highest BCUT2D eigenvalue weighted by molar-refractivity contribution is 5.79. The molecule has 0 spiro atoms. The molecule has 224 valence electrons. The quantitative estimate of drug-likeness (QED) is 0.148. The van der Waals surface area contributed by atoms with Gasteiger partial charge in [-0.1, -0.05) is 48.5 Å². The van der Waals surface area contributed by atoms with Crippen LogP contribution >= 0.6 is 0 Å². The van der Waals surface area contributed by atoms with E-state index in [0.717, 1.165) is 6.29 Å². The number of amides is 1. The van der Waals surface area contributed by atoms with Gasteiger partial charge >= 0.3 is 6.09 Å². The lowest BCUT2D eigenvalue weighted by Gasteiger charge is -2.19. The van der Waals surface area contributed by atoms with Crippen LogP contribution in [-0.2, 0) is 23.7 Å². The Bertz CT molecular complexity index is 1200. The third-order valence-electron chi connectivity index (χ3n) is 6.85. The van der Waals surface area contributed by atoms with Crippen molar-refractivity contribution in [3.05, 3.63) is 89.5 Å². The summed E-state index contributed by atoms with van der Waals surface area (Å²) in [6.45, 7) is 4.73. The standard InChI is InChI=1S/C33H39NO8/c1-34(33(36)42-25-32-30-8-4-2-6-28(30)29-7-3-5-9-31(29)32)14-15-37-16-17-38-18-19-39-20-21-40-22-23-41-27-12-10-26(24-35)11-13-27/h2-13,24,32H,14-23,25H2,1H3. The summed E-state index contributed by atoms with van der Waals surface area (Å²) in [6, 6.07) is 23.5. The first-order chi connectivity index (χ1) is 20.7. The van der Waals surface area contributed by atoms with Crippen LogP contribution in [0.3, 0.4) is 0 Å². The van der Waals surface area contributed by atoms with Crippen LogP contribution in [0, 0.1) is 0 Å². The van der Waals surface area contributed by atoms with Gasteiger partial charge in [-0.15, -0.1) is 0 Å². The molecule has 0 aromatic heterocycles. The Balaban J connectivity index is 0.953. The smallest absolute Gasteiger partial charge is 0.409 e. The van der Waals surface area contributed by atoms with E-state index in [9.17, 15) is 9.59 Å². The van der Waals surface area contributed by atoms with Crippen LogP contribution in [0.1, 0.15) is 27.4 Å². The molecule has 0 fully saturated rings. The predicted octanol–water partition coefficient (Wildman–Crippen LogP) is 4.83. The van der Waals surface area contributed by atoms with Gasteiger partial charge in [-0.3, -0.25) is 4.79 Å². The Morgan fingerprint density at radius 1 is 0.690 bits per heavy atom. The van der Waals surface area contributed by atoms with Crippen molar-refractivity contribution in [2.45, 2.75) is 5.92 Å². The van der Waals surface area contributed by atoms with Crippen molar-refractivity contribution in [1.29, 1.82) is 0 Å². The van der Waals surface area contributed by atoms with Gasteiger partial charge < -0.3 is 33.3 Å². The summed E-state index contributed by atoms with van der Waals surface area (Å²) in [6.07, 6.45) is 0.431. The van der Waals surface area contributed by atoms with Crippen LogP contribution in [0.25, 0.3) is 11.1 Å². The number of fused-ring (bicyclic) bond motifs is 3. The van der Waals surface area contributed by atoms with Crippen molar-refractivity contribution in [2.75, 3.05) is 79.7 Å². The number of benzene rings is 3. The second-order valence-electron chi connectivity index (χ2n) is 9.71. The molecular weight excluding hydrogens is 538 g/mol. The fourth-order valence-corrected chi connectivity index (χ4v) is 4.62. The topological polar surface area (TPSA) is 92.8 Å². The van der Waals surface area contributed by atoms with Crippen molar-refractivity contribution < 1.29 is 38.0 Å². The largest absolute Gasteiger partial charge is 0.491 e. The molecule has 0 aliphatic heterocycles. The van der Waals surface area contributed by atoms with Gasteiger partial charge in [0.25, 0.3) is 0 Å². The maximum atomic E-state index is 12.6. The maximum Gasteiger partial charge on any atom is 0.409 e. The van der Waals surface area contributed by atoms with Gasteiger partial charge in [0.05, 0.1) is 52.9 Å². The second kappa shape index (κ2) is 17.3. The lowest BCUT2D eigenvalue weighted by Crippen LogP contribution is -2.32. The molecule has 1 aliphatic rings. The molecule has 9 nitrogen and oxygen atoms in total. The second-order valence-corrected chi connectivity index (χ2v) is 9.71. The molecule has 4 rings (SSSR count). The zero-order valence-corrected chi connectivity index (χ0v) is 24.1. The summed E-state index contributed by atoms with van der Waals surface area (Å²) in [7, 11) is 1.71. The Hall–Kier alpha value is -3.76. The highest BCUT2D eigenvalue weighted by atomic mass is 16.6. The van der Waals surface area contributed by atoms with Crippen LogP contribution in [0.15, 0.2) is 72.8 Å². The van der Waals surface area contributed by atoms with E-state index in [4.69, 9.17) is 28.4 Å². The van der Waals surface area contributed by atoms with Crippen LogP contribution in [0.5, 0.6) is 5.75 Å². The van der Waals surface area contributed by atoms with E-state index < -0.39 is 0 Å². The molecule has 0 saturated heterocycles. The summed E-state index contributed by atoms with van der Waals surface area (Å²) in [5.41, 5.74) is 5.41. The number of rotatable bonds is 19. The van der Waals surface area contributed by atoms with E-state index >= 15 is 0 Å². The monoisotopic (exact) mass is 577 g/mol. The molecule has 3 aromatic rings. The van der Waals surface area contributed by atoms with Gasteiger partial charge in [0.1, 0.15) is 25.2 Å². The Morgan fingerprint density at radius 2 is 1.19 bits per heavy atom. The van der Waals surface area contributed by atoms with Gasteiger partial charge in [0.2, 0.25) is 0 Å². The minimum Gasteiger partial charge on any atom is -0.491 e. The van der Waals surface area contributed by atoms with Gasteiger partial charge in [0.15, 0.2) is 0 Å². The minimum atomic E-state index is -0.365. The molecule has 0 heterocycles. The zero-order chi connectivity index (χ0) is 29.4. The minimum absolute atomic E-state index is 0.0413. The number of hydrogen-bond acceptors (Lipinski definition) is 8.